The Bertz CT molecular complexity index is 640. The zero-order chi connectivity index (χ0) is 14.5. The van der Waals surface area contributed by atoms with Gasteiger partial charge >= 0.3 is 0 Å². The second-order valence-electron chi connectivity index (χ2n) is 6.25. The van der Waals surface area contributed by atoms with Crippen LogP contribution in [-0.4, -0.2) is 10.9 Å². The van der Waals surface area contributed by atoms with Gasteiger partial charge in [-0.05, 0) is 63.0 Å². The summed E-state index contributed by atoms with van der Waals surface area (Å²) in [6.07, 6.45) is 6.83. The average Bonchev–Trinajstić information content (AvgIpc) is 2.39. The summed E-state index contributed by atoms with van der Waals surface area (Å²) in [5, 5.41) is 9.49. The number of aromatic hydroxyl groups is 1. The topological polar surface area (TPSA) is 37.3 Å². The first-order chi connectivity index (χ1) is 9.39. The molecule has 0 radical (unpaired) electrons. The van der Waals surface area contributed by atoms with Gasteiger partial charge in [0.1, 0.15) is 5.75 Å². The van der Waals surface area contributed by atoms with Crippen molar-refractivity contribution in [1.29, 1.82) is 0 Å². The first-order valence-electron chi connectivity index (χ1n) is 6.81. The Hall–Kier alpha value is -1.35. The number of carbonyl (C=O) groups is 1. The van der Waals surface area contributed by atoms with E-state index in [1.807, 2.05) is 24.3 Å². The lowest BCUT2D eigenvalue weighted by molar-refractivity contribution is -0.133. The fraction of sp³-hybridized carbons (Fsp3) is 0.353. The second kappa shape index (κ2) is 4.59. The van der Waals surface area contributed by atoms with Crippen molar-refractivity contribution in [1.82, 2.24) is 0 Å². The van der Waals surface area contributed by atoms with Crippen LogP contribution in [-0.2, 0) is 4.79 Å². The number of hydrogen-bond donors (Lipinski definition) is 1. The number of phenols is 1. The zero-order valence-corrected chi connectivity index (χ0v) is 13.1. The van der Waals surface area contributed by atoms with Crippen molar-refractivity contribution in [2.45, 2.75) is 20.3 Å². The van der Waals surface area contributed by atoms with Crippen LogP contribution in [0, 0.1) is 17.3 Å². The summed E-state index contributed by atoms with van der Waals surface area (Å²) in [6, 6.07) is 5.38. The van der Waals surface area contributed by atoms with Crippen LogP contribution in [0.15, 0.2) is 40.4 Å². The summed E-state index contributed by atoms with van der Waals surface area (Å²) in [6.45, 7) is 4.36. The molecule has 2 nitrogen and oxygen atoms in total. The molecule has 0 aliphatic heterocycles. The summed E-state index contributed by atoms with van der Waals surface area (Å²) in [4.78, 5) is 12.0. The first kappa shape index (κ1) is 13.6. The Morgan fingerprint density at radius 3 is 2.65 bits per heavy atom. The van der Waals surface area contributed by atoms with E-state index in [2.05, 4.69) is 29.8 Å². The lowest BCUT2D eigenvalue weighted by atomic mass is 9.48. The molecule has 3 heteroatoms. The highest BCUT2D eigenvalue weighted by Gasteiger charge is 2.54. The lowest BCUT2D eigenvalue weighted by Crippen LogP contribution is -2.52. The average molecular weight is 333 g/mol. The minimum absolute atomic E-state index is 0.0983. The number of carbonyl (C=O) groups excluding carboxylic acids is 1. The normalized spacial score (nSPS) is 27.4. The Morgan fingerprint density at radius 1 is 1.30 bits per heavy atom. The van der Waals surface area contributed by atoms with E-state index in [1.54, 1.807) is 12.1 Å². The SMILES string of the molecule is CC1(C)C2CC1C(C=Cc1ccc(O)c(Br)c1)=CC2=O. The van der Waals surface area contributed by atoms with Crippen LogP contribution in [0.2, 0.25) is 0 Å². The van der Waals surface area contributed by atoms with Crippen molar-refractivity contribution in [2.75, 3.05) is 0 Å². The van der Waals surface area contributed by atoms with Gasteiger partial charge in [0.2, 0.25) is 0 Å². The molecule has 104 valence electrons. The Kier molecular flexibility index (Phi) is 3.13. The number of halogens is 1. The lowest BCUT2D eigenvalue weighted by Gasteiger charge is -2.54. The van der Waals surface area contributed by atoms with E-state index in [0.717, 1.165) is 17.6 Å². The third-order valence-electron chi connectivity index (χ3n) is 4.76. The second-order valence-corrected chi connectivity index (χ2v) is 7.11. The summed E-state index contributed by atoms with van der Waals surface area (Å²) >= 11 is 3.31. The third kappa shape index (κ3) is 2.05. The van der Waals surface area contributed by atoms with Crippen LogP contribution in [0.4, 0.5) is 0 Å². The van der Waals surface area contributed by atoms with Gasteiger partial charge in [0.05, 0.1) is 4.47 Å². The van der Waals surface area contributed by atoms with Crippen LogP contribution in [0.25, 0.3) is 6.08 Å². The van der Waals surface area contributed by atoms with Gasteiger partial charge in [0, 0.05) is 5.92 Å². The summed E-state index contributed by atoms with van der Waals surface area (Å²) < 4.78 is 0.678. The van der Waals surface area contributed by atoms with Crippen LogP contribution < -0.4 is 0 Å². The molecule has 3 aliphatic carbocycles. The number of fused-ring (bicyclic) bond motifs is 1. The van der Waals surface area contributed by atoms with Gasteiger partial charge in [-0.15, -0.1) is 0 Å². The maximum atomic E-state index is 12.0. The molecule has 2 atom stereocenters. The number of hydrogen-bond acceptors (Lipinski definition) is 2. The van der Waals surface area contributed by atoms with Crippen molar-refractivity contribution < 1.29 is 9.90 Å². The Morgan fingerprint density at radius 2 is 2.05 bits per heavy atom. The van der Waals surface area contributed by atoms with Gasteiger partial charge in [-0.1, -0.05) is 32.1 Å². The van der Waals surface area contributed by atoms with Crippen molar-refractivity contribution >= 4 is 27.8 Å². The molecule has 0 amide bonds. The van der Waals surface area contributed by atoms with Gasteiger partial charge in [-0.2, -0.15) is 0 Å². The van der Waals surface area contributed by atoms with Gasteiger partial charge in [-0.3, -0.25) is 4.79 Å². The predicted molar refractivity (Wildman–Crippen MR) is 83.3 cm³/mol. The molecule has 1 saturated carbocycles. The molecular weight excluding hydrogens is 316 g/mol. The molecule has 0 heterocycles. The molecule has 1 aromatic carbocycles. The van der Waals surface area contributed by atoms with Gasteiger partial charge < -0.3 is 5.11 Å². The molecular formula is C17H17BrO2. The zero-order valence-electron chi connectivity index (χ0n) is 11.6. The molecule has 0 spiro atoms. The Balaban J connectivity index is 1.86. The quantitative estimate of drug-likeness (QED) is 0.874. The van der Waals surface area contributed by atoms with E-state index >= 15 is 0 Å². The van der Waals surface area contributed by atoms with Crippen LogP contribution in [0.5, 0.6) is 5.75 Å². The first-order valence-corrected chi connectivity index (χ1v) is 7.61. The summed E-state index contributed by atoms with van der Waals surface area (Å²) in [5.41, 5.74) is 2.23. The van der Waals surface area contributed by atoms with Crippen LogP contribution in [0.1, 0.15) is 25.8 Å². The summed E-state index contributed by atoms with van der Waals surface area (Å²) in [5.74, 6) is 1.20. The van der Waals surface area contributed by atoms with E-state index in [9.17, 15) is 9.90 Å². The molecule has 3 aliphatic rings. The number of benzene rings is 1. The van der Waals surface area contributed by atoms with Gasteiger partial charge in [0.25, 0.3) is 0 Å². The number of ketones is 1. The molecule has 4 rings (SSSR count). The highest BCUT2D eigenvalue weighted by Crippen LogP contribution is 2.58. The van der Waals surface area contributed by atoms with Crippen molar-refractivity contribution in [2.24, 2.45) is 17.3 Å². The number of phenolic OH excluding ortho intramolecular Hbond substituents is 1. The monoisotopic (exact) mass is 332 g/mol. The fourth-order valence-electron chi connectivity index (χ4n) is 3.32. The minimum Gasteiger partial charge on any atom is -0.507 e. The van der Waals surface area contributed by atoms with Gasteiger partial charge in [0.15, 0.2) is 5.78 Å². The predicted octanol–water partition coefficient (Wildman–Crippen LogP) is 4.34. The molecule has 0 saturated heterocycles. The van der Waals surface area contributed by atoms with E-state index in [-0.39, 0.29) is 22.9 Å². The minimum atomic E-state index is 0.0983. The van der Waals surface area contributed by atoms with Crippen molar-refractivity contribution in [3.05, 3.63) is 46.0 Å². The van der Waals surface area contributed by atoms with Crippen LogP contribution in [0.3, 0.4) is 0 Å². The third-order valence-corrected chi connectivity index (χ3v) is 5.40. The van der Waals surface area contributed by atoms with E-state index in [0.29, 0.717) is 10.4 Å². The molecule has 1 fully saturated rings. The molecule has 1 aromatic rings. The fourth-order valence-corrected chi connectivity index (χ4v) is 3.72. The van der Waals surface area contributed by atoms with E-state index in [4.69, 9.17) is 0 Å². The van der Waals surface area contributed by atoms with Crippen molar-refractivity contribution in [3.8, 4) is 5.75 Å². The van der Waals surface area contributed by atoms with E-state index < -0.39 is 0 Å². The Labute approximate surface area is 127 Å². The van der Waals surface area contributed by atoms with Crippen molar-refractivity contribution in [3.63, 3.8) is 0 Å². The molecule has 20 heavy (non-hydrogen) atoms. The highest BCUT2D eigenvalue weighted by atomic mass is 79.9. The number of allylic oxidation sites excluding steroid dienone is 3. The smallest absolute Gasteiger partial charge is 0.159 e. The molecule has 2 bridgehead atoms. The maximum Gasteiger partial charge on any atom is 0.159 e. The van der Waals surface area contributed by atoms with Gasteiger partial charge in [-0.25, -0.2) is 0 Å². The largest absolute Gasteiger partial charge is 0.507 e. The van der Waals surface area contributed by atoms with E-state index in [1.165, 1.54) is 0 Å². The molecule has 0 aromatic heterocycles. The number of rotatable bonds is 2. The molecule has 2 unspecified atom stereocenters. The highest BCUT2D eigenvalue weighted by molar-refractivity contribution is 9.10. The van der Waals surface area contributed by atoms with Crippen LogP contribution >= 0.6 is 15.9 Å². The summed E-state index contributed by atoms with van der Waals surface area (Å²) in [7, 11) is 0. The molecule has 1 N–H and O–H groups in total. The standard InChI is InChI=1S/C17H17BrO2/c1-17(2)12-9-13(17)16(20)8-11(12)5-3-10-4-6-15(19)14(18)7-10/h3-8,12-13,19H,9H2,1-2H3. The maximum absolute atomic E-state index is 12.0.